The normalized spacial score (nSPS) is 15.0. The maximum absolute atomic E-state index is 11.9. The second-order valence-electron chi connectivity index (χ2n) is 7.52. The van der Waals surface area contributed by atoms with E-state index in [9.17, 15) is 9.59 Å². The van der Waals surface area contributed by atoms with Gasteiger partial charge < -0.3 is 25.4 Å². The highest BCUT2D eigenvalue weighted by atomic mass is 16.5. The zero-order valence-corrected chi connectivity index (χ0v) is 17.9. The summed E-state index contributed by atoms with van der Waals surface area (Å²) < 4.78 is 11.7. The van der Waals surface area contributed by atoms with Crippen LogP contribution in [-0.4, -0.2) is 40.8 Å². The van der Waals surface area contributed by atoms with E-state index in [0.717, 1.165) is 12.2 Å². The number of nitrogens with two attached hydrogens (primary N) is 1. The fourth-order valence-corrected chi connectivity index (χ4v) is 3.51. The van der Waals surface area contributed by atoms with E-state index >= 15 is 0 Å². The molecule has 8 nitrogen and oxygen atoms in total. The van der Waals surface area contributed by atoms with Gasteiger partial charge in [-0.25, -0.2) is 0 Å². The van der Waals surface area contributed by atoms with Crippen LogP contribution in [0.2, 0.25) is 0 Å². The van der Waals surface area contributed by atoms with Gasteiger partial charge in [-0.05, 0) is 61.0 Å². The van der Waals surface area contributed by atoms with Crippen molar-refractivity contribution in [3.05, 3.63) is 84.9 Å². The number of hydrogen-bond acceptors (Lipinski definition) is 6. The summed E-state index contributed by atoms with van der Waals surface area (Å²) >= 11 is 0. The number of benzene rings is 2. The molecule has 3 aromatic rings. The van der Waals surface area contributed by atoms with Crippen molar-refractivity contribution >= 4 is 17.6 Å². The van der Waals surface area contributed by atoms with Crippen LogP contribution >= 0.6 is 0 Å². The maximum atomic E-state index is 11.9. The van der Waals surface area contributed by atoms with Crippen molar-refractivity contribution in [1.82, 2.24) is 9.88 Å². The number of ether oxygens (including phenoxy) is 2. The summed E-state index contributed by atoms with van der Waals surface area (Å²) in [4.78, 5) is 29.8. The van der Waals surface area contributed by atoms with Gasteiger partial charge in [0.1, 0.15) is 28.6 Å². The third-order valence-corrected chi connectivity index (χ3v) is 5.17. The molecule has 0 radical (unpaired) electrons. The lowest BCUT2D eigenvalue weighted by atomic mass is 10.2. The first-order valence-electron chi connectivity index (χ1n) is 10.5. The minimum Gasteiger partial charge on any atom is -0.457 e. The van der Waals surface area contributed by atoms with Crippen molar-refractivity contribution in [2.45, 2.75) is 12.5 Å². The van der Waals surface area contributed by atoms with Crippen molar-refractivity contribution in [1.29, 1.82) is 0 Å². The van der Waals surface area contributed by atoms with Crippen LogP contribution in [0.25, 0.3) is 0 Å². The Morgan fingerprint density at radius 2 is 1.67 bits per heavy atom. The van der Waals surface area contributed by atoms with Crippen LogP contribution in [0.4, 0.5) is 5.82 Å². The minimum atomic E-state index is -0.642. The summed E-state index contributed by atoms with van der Waals surface area (Å²) in [6, 6.07) is 19.7. The van der Waals surface area contributed by atoms with Crippen molar-refractivity contribution in [2.75, 3.05) is 18.4 Å². The molecule has 8 heteroatoms. The van der Waals surface area contributed by atoms with Gasteiger partial charge in [-0.15, -0.1) is 0 Å². The molecular weight excluding hydrogens is 420 g/mol. The molecule has 0 unspecified atom stereocenters. The Balaban J connectivity index is 1.46. The number of amides is 2. The van der Waals surface area contributed by atoms with Gasteiger partial charge in [0.05, 0.1) is 0 Å². The Morgan fingerprint density at radius 1 is 1.00 bits per heavy atom. The second-order valence-corrected chi connectivity index (χ2v) is 7.52. The number of hydrogen-bond donors (Lipinski definition) is 2. The molecule has 168 valence electrons. The average molecular weight is 444 g/mol. The summed E-state index contributed by atoms with van der Waals surface area (Å²) in [6.45, 7) is 4.71. The van der Waals surface area contributed by atoms with Gasteiger partial charge in [0, 0.05) is 19.1 Å². The molecule has 0 saturated carbocycles. The predicted octanol–water partition coefficient (Wildman–Crippen LogP) is 3.96. The molecule has 3 N–H and O–H groups in total. The van der Waals surface area contributed by atoms with Crippen LogP contribution in [-0.2, 0) is 4.79 Å². The van der Waals surface area contributed by atoms with Gasteiger partial charge in [0.2, 0.25) is 11.8 Å². The lowest BCUT2D eigenvalue weighted by Gasteiger charge is -2.17. The zero-order chi connectivity index (χ0) is 23.2. The number of nitrogens with zero attached hydrogens (tertiary/aromatic N) is 2. The van der Waals surface area contributed by atoms with Gasteiger partial charge in [0.15, 0.2) is 0 Å². The van der Waals surface area contributed by atoms with E-state index < -0.39 is 5.91 Å². The highest BCUT2D eigenvalue weighted by Crippen LogP contribution is 2.29. The third kappa shape index (κ3) is 5.48. The second kappa shape index (κ2) is 9.86. The molecule has 4 rings (SSSR count). The summed E-state index contributed by atoms with van der Waals surface area (Å²) in [5, 5.41) is 3.29. The van der Waals surface area contributed by atoms with Crippen LogP contribution in [0.15, 0.2) is 79.4 Å². The molecule has 2 heterocycles. The summed E-state index contributed by atoms with van der Waals surface area (Å²) in [7, 11) is 0. The molecule has 1 aliphatic rings. The Hall–Kier alpha value is -4.33. The highest BCUT2D eigenvalue weighted by Gasteiger charge is 2.25. The number of likely N-dealkylation sites (tertiary alicyclic amines) is 1. The van der Waals surface area contributed by atoms with Gasteiger partial charge in [-0.1, -0.05) is 24.8 Å². The highest BCUT2D eigenvalue weighted by molar-refractivity contribution is 5.95. The topological polar surface area (TPSA) is 107 Å². The van der Waals surface area contributed by atoms with Crippen LogP contribution in [0.3, 0.4) is 0 Å². The van der Waals surface area contributed by atoms with Crippen molar-refractivity contribution in [3.63, 3.8) is 0 Å². The summed E-state index contributed by atoms with van der Waals surface area (Å²) in [5.74, 6) is 1.73. The quantitative estimate of drug-likeness (QED) is 0.509. The van der Waals surface area contributed by atoms with Gasteiger partial charge in [0.25, 0.3) is 5.91 Å². The molecule has 1 aliphatic heterocycles. The Labute approximate surface area is 191 Å². The number of para-hydroxylation sites is 1. The number of pyridine rings is 1. The van der Waals surface area contributed by atoms with Crippen LogP contribution in [0.5, 0.6) is 23.1 Å². The fourth-order valence-electron chi connectivity index (χ4n) is 3.51. The summed E-state index contributed by atoms with van der Waals surface area (Å²) in [6.07, 6.45) is 2.09. The average Bonchev–Trinajstić information content (AvgIpc) is 3.29. The van der Waals surface area contributed by atoms with Crippen molar-refractivity contribution in [3.8, 4) is 23.1 Å². The van der Waals surface area contributed by atoms with Gasteiger partial charge in [-0.2, -0.15) is 4.98 Å². The van der Waals surface area contributed by atoms with E-state index in [0.29, 0.717) is 30.4 Å². The Bertz CT molecular complexity index is 1150. The number of anilines is 1. The molecule has 1 fully saturated rings. The van der Waals surface area contributed by atoms with Crippen LogP contribution < -0.4 is 20.5 Å². The molecule has 2 aromatic carbocycles. The number of aromatic nitrogens is 1. The largest absolute Gasteiger partial charge is 0.457 e. The van der Waals surface area contributed by atoms with Crippen LogP contribution in [0, 0.1) is 0 Å². The van der Waals surface area contributed by atoms with E-state index in [1.807, 2.05) is 30.3 Å². The standard InChI is InChI=1S/C25H24N4O4/c1-2-23(30)29-15-14-17(16-29)27-22-13-12-21(24(26)31)25(28-22)33-20-10-8-19(9-11-20)32-18-6-4-3-5-7-18/h2-13,17H,1,14-16H2,(H2,26,31)(H,27,28)/t17-/m0/s1. The number of carbonyl (C=O) groups excluding carboxylic acids is 2. The number of carbonyl (C=O) groups is 2. The zero-order valence-electron chi connectivity index (χ0n) is 17.9. The number of nitrogens with one attached hydrogen (secondary N) is 1. The smallest absolute Gasteiger partial charge is 0.254 e. The van der Waals surface area contributed by atoms with Crippen LogP contribution in [0.1, 0.15) is 16.8 Å². The first kappa shape index (κ1) is 21.9. The van der Waals surface area contributed by atoms with Gasteiger partial charge >= 0.3 is 0 Å². The number of primary amides is 1. The molecule has 0 aliphatic carbocycles. The molecule has 1 saturated heterocycles. The summed E-state index contributed by atoms with van der Waals surface area (Å²) in [5.41, 5.74) is 5.67. The fraction of sp³-hybridized carbons (Fsp3) is 0.160. The number of rotatable bonds is 8. The van der Waals surface area contributed by atoms with Gasteiger partial charge in [-0.3, -0.25) is 9.59 Å². The van der Waals surface area contributed by atoms with E-state index in [1.54, 1.807) is 41.3 Å². The molecule has 33 heavy (non-hydrogen) atoms. The molecule has 1 atom stereocenters. The maximum Gasteiger partial charge on any atom is 0.254 e. The predicted molar refractivity (Wildman–Crippen MR) is 125 cm³/mol. The first-order chi connectivity index (χ1) is 16.0. The van der Waals surface area contributed by atoms with E-state index in [-0.39, 0.29) is 23.4 Å². The minimum absolute atomic E-state index is 0.0306. The van der Waals surface area contributed by atoms with E-state index in [4.69, 9.17) is 15.2 Å². The molecule has 0 bridgehead atoms. The van der Waals surface area contributed by atoms with Crippen molar-refractivity contribution < 1.29 is 19.1 Å². The third-order valence-electron chi connectivity index (χ3n) is 5.17. The van der Waals surface area contributed by atoms with E-state index in [2.05, 4.69) is 16.9 Å². The Morgan fingerprint density at radius 3 is 2.33 bits per heavy atom. The lowest BCUT2D eigenvalue weighted by molar-refractivity contribution is -0.125. The molecule has 1 aromatic heterocycles. The van der Waals surface area contributed by atoms with E-state index in [1.165, 1.54) is 6.08 Å². The molecular formula is C25H24N4O4. The first-order valence-corrected chi connectivity index (χ1v) is 10.5. The monoisotopic (exact) mass is 444 g/mol. The molecule has 2 amide bonds. The SMILES string of the molecule is C=CC(=O)N1CC[C@H](Nc2ccc(C(N)=O)c(Oc3ccc(Oc4ccccc4)cc3)n2)C1. The lowest BCUT2D eigenvalue weighted by Crippen LogP contribution is -2.30. The van der Waals surface area contributed by atoms with Crippen molar-refractivity contribution in [2.24, 2.45) is 5.73 Å². The Kier molecular flexibility index (Phi) is 6.54. The molecule has 0 spiro atoms.